The molecule has 154 valence electrons. The smallest absolute Gasteiger partial charge is 0.290 e. The van der Waals surface area contributed by atoms with E-state index < -0.39 is 17.6 Å². The van der Waals surface area contributed by atoms with E-state index in [1.54, 1.807) is 4.90 Å². The topological polar surface area (TPSA) is 84.5 Å². The number of nitrogens with two attached hydrogens (primary N) is 1. The molecular weight excluding hydrogens is 378 g/mol. The van der Waals surface area contributed by atoms with Crippen LogP contribution < -0.4 is 10.6 Å². The van der Waals surface area contributed by atoms with E-state index in [0.29, 0.717) is 37.6 Å². The summed E-state index contributed by atoms with van der Waals surface area (Å²) in [5, 5.41) is 9.57. The minimum absolute atomic E-state index is 0.178. The molecule has 0 radical (unpaired) electrons. The maximum atomic E-state index is 14.4. The fraction of sp³-hybridized carbons (Fsp3) is 0.524. The maximum Gasteiger partial charge on any atom is 0.290 e. The van der Waals surface area contributed by atoms with Gasteiger partial charge in [0.15, 0.2) is 0 Å². The number of aliphatic hydroxyl groups is 1. The Morgan fingerprint density at radius 2 is 1.76 bits per heavy atom. The molecular formula is C21H24F2N4O2. The van der Waals surface area contributed by atoms with Crippen molar-refractivity contribution in [3.05, 3.63) is 41.1 Å². The number of halogens is 2. The number of fused-ring (bicyclic) bond motifs is 1. The second-order valence-corrected chi connectivity index (χ2v) is 8.31. The van der Waals surface area contributed by atoms with E-state index in [-0.39, 0.29) is 24.5 Å². The second-order valence-electron chi connectivity index (χ2n) is 8.31. The van der Waals surface area contributed by atoms with Crippen LogP contribution in [0.3, 0.4) is 0 Å². The van der Waals surface area contributed by atoms with Gasteiger partial charge in [0.2, 0.25) is 5.95 Å². The standard InChI is InChI=1S/C21H24F2N4O2/c22-21(23)6-5-16-17(25-19(26-18(16)21)27-11-15(28)12-27)13-1-3-14(4-2-13)20(24)7-9-29-10-8-20/h1-4,15,28H,5-12,24H2. The summed E-state index contributed by atoms with van der Waals surface area (Å²) in [5.74, 6) is -2.69. The summed E-state index contributed by atoms with van der Waals surface area (Å²) in [6, 6.07) is 7.76. The van der Waals surface area contributed by atoms with Crippen molar-refractivity contribution >= 4 is 5.95 Å². The molecule has 3 aliphatic rings. The average molecular weight is 402 g/mol. The Bertz CT molecular complexity index is 923. The van der Waals surface area contributed by atoms with Crippen molar-refractivity contribution in [1.82, 2.24) is 9.97 Å². The number of aromatic nitrogens is 2. The molecule has 0 atom stereocenters. The summed E-state index contributed by atoms with van der Waals surface area (Å²) in [5.41, 5.74) is 8.83. The summed E-state index contributed by atoms with van der Waals surface area (Å²) in [6.07, 6.45) is 1.04. The van der Waals surface area contributed by atoms with Crippen molar-refractivity contribution in [3.63, 3.8) is 0 Å². The lowest BCUT2D eigenvalue weighted by molar-refractivity contribution is -0.00597. The van der Waals surface area contributed by atoms with Crippen molar-refractivity contribution in [2.75, 3.05) is 31.2 Å². The highest BCUT2D eigenvalue weighted by molar-refractivity contribution is 5.67. The molecule has 6 nitrogen and oxygen atoms in total. The maximum absolute atomic E-state index is 14.4. The predicted molar refractivity (Wildman–Crippen MR) is 104 cm³/mol. The van der Waals surface area contributed by atoms with Gasteiger partial charge in [-0.05, 0) is 24.8 Å². The van der Waals surface area contributed by atoms with Gasteiger partial charge in [-0.25, -0.2) is 9.97 Å². The molecule has 0 saturated carbocycles. The Balaban J connectivity index is 1.53. The summed E-state index contributed by atoms with van der Waals surface area (Å²) >= 11 is 0. The van der Waals surface area contributed by atoms with Crippen LogP contribution >= 0.6 is 0 Å². The molecule has 0 unspecified atom stereocenters. The van der Waals surface area contributed by atoms with Gasteiger partial charge >= 0.3 is 0 Å². The van der Waals surface area contributed by atoms with Crippen LogP contribution in [0.4, 0.5) is 14.7 Å². The van der Waals surface area contributed by atoms with E-state index in [1.807, 2.05) is 24.3 Å². The number of anilines is 1. The van der Waals surface area contributed by atoms with Gasteiger partial charge in [-0.2, -0.15) is 8.78 Å². The molecule has 3 N–H and O–H groups in total. The minimum atomic E-state index is -2.95. The predicted octanol–water partition coefficient (Wildman–Crippen LogP) is 2.33. The van der Waals surface area contributed by atoms with Crippen molar-refractivity contribution < 1.29 is 18.6 Å². The third-order valence-electron chi connectivity index (χ3n) is 6.29. The van der Waals surface area contributed by atoms with E-state index in [2.05, 4.69) is 9.97 Å². The first-order valence-corrected chi connectivity index (χ1v) is 10.1. The monoisotopic (exact) mass is 402 g/mol. The molecule has 3 heterocycles. The molecule has 8 heteroatoms. The number of hydrogen-bond donors (Lipinski definition) is 2. The quantitative estimate of drug-likeness (QED) is 0.820. The van der Waals surface area contributed by atoms with Gasteiger partial charge in [0.1, 0.15) is 5.69 Å². The highest BCUT2D eigenvalue weighted by Gasteiger charge is 2.44. The second kappa shape index (κ2) is 6.68. The van der Waals surface area contributed by atoms with E-state index in [9.17, 15) is 13.9 Å². The SMILES string of the molecule is NC1(c2ccc(-c3nc(N4CC(O)C4)nc4c3CCC4(F)F)cc2)CCOCC1. The van der Waals surface area contributed by atoms with Crippen LogP contribution in [-0.4, -0.2) is 47.5 Å². The van der Waals surface area contributed by atoms with Gasteiger partial charge in [-0.1, -0.05) is 24.3 Å². The molecule has 2 aromatic rings. The number of nitrogens with zero attached hydrogens (tertiary/aromatic N) is 3. The lowest BCUT2D eigenvalue weighted by Gasteiger charge is -2.36. The van der Waals surface area contributed by atoms with Crippen molar-refractivity contribution in [3.8, 4) is 11.3 Å². The average Bonchev–Trinajstić information content (AvgIpc) is 3.00. The molecule has 29 heavy (non-hydrogen) atoms. The number of β-amino-alcohol motifs (C(OH)–C–C–N with tert-alkyl or cyclic N) is 1. The number of benzene rings is 1. The first-order valence-electron chi connectivity index (χ1n) is 10.1. The number of hydrogen-bond acceptors (Lipinski definition) is 6. The van der Waals surface area contributed by atoms with Crippen LogP contribution in [0, 0.1) is 0 Å². The van der Waals surface area contributed by atoms with E-state index in [1.165, 1.54) is 0 Å². The van der Waals surface area contributed by atoms with Crippen LogP contribution in [-0.2, 0) is 22.6 Å². The van der Waals surface area contributed by atoms with Crippen LogP contribution in [0.15, 0.2) is 24.3 Å². The minimum Gasteiger partial charge on any atom is -0.389 e. The number of aliphatic hydroxyl groups excluding tert-OH is 1. The zero-order valence-electron chi connectivity index (χ0n) is 16.1. The lowest BCUT2D eigenvalue weighted by atomic mass is 9.83. The van der Waals surface area contributed by atoms with E-state index in [4.69, 9.17) is 10.5 Å². The summed E-state index contributed by atoms with van der Waals surface area (Å²) in [4.78, 5) is 10.5. The van der Waals surface area contributed by atoms with Crippen molar-refractivity contribution in [2.45, 2.75) is 43.2 Å². The zero-order chi connectivity index (χ0) is 20.2. The normalized spacial score (nSPS) is 23.0. The largest absolute Gasteiger partial charge is 0.389 e. The van der Waals surface area contributed by atoms with E-state index >= 15 is 0 Å². The molecule has 5 rings (SSSR count). The Morgan fingerprint density at radius 3 is 2.41 bits per heavy atom. The highest BCUT2D eigenvalue weighted by Crippen LogP contribution is 2.44. The first kappa shape index (κ1) is 18.8. The molecule has 0 spiro atoms. The number of alkyl halides is 2. The molecule has 1 aliphatic carbocycles. The molecule has 0 bridgehead atoms. The van der Waals surface area contributed by atoms with Crippen LogP contribution in [0.25, 0.3) is 11.3 Å². The van der Waals surface area contributed by atoms with Crippen molar-refractivity contribution in [1.29, 1.82) is 0 Å². The van der Waals surface area contributed by atoms with Gasteiger partial charge in [-0.15, -0.1) is 0 Å². The third kappa shape index (κ3) is 3.19. The summed E-state index contributed by atoms with van der Waals surface area (Å²) in [6.45, 7) is 2.00. The molecule has 1 aromatic heterocycles. The Kier molecular flexibility index (Phi) is 4.34. The highest BCUT2D eigenvalue weighted by atomic mass is 19.3. The number of ether oxygens (including phenoxy) is 1. The summed E-state index contributed by atoms with van der Waals surface area (Å²) < 4.78 is 34.3. The van der Waals surface area contributed by atoms with E-state index in [0.717, 1.165) is 24.0 Å². The van der Waals surface area contributed by atoms with Crippen molar-refractivity contribution in [2.24, 2.45) is 5.73 Å². The van der Waals surface area contributed by atoms with Gasteiger partial charge in [0.05, 0.1) is 11.8 Å². The Labute approximate surface area is 167 Å². The molecule has 2 fully saturated rings. The molecule has 0 amide bonds. The molecule has 2 saturated heterocycles. The van der Waals surface area contributed by atoms with Gasteiger partial charge in [0, 0.05) is 49.4 Å². The fourth-order valence-electron chi connectivity index (χ4n) is 4.40. The summed E-state index contributed by atoms with van der Waals surface area (Å²) in [7, 11) is 0. The Hall–Kier alpha value is -2.16. The van der Waals surface area contributed by atoms with Gasteiger partial charge < -0.3 is 20.5 Å². The fourth-order valence-corrected chi connectivity index (χ4v) is 4.40. The first-order chi connectivity index (χ1) is 13.9. The van der Waals surface area contributed by atoms with Crippen LogP contribution in [0.1, 0.15) is 36.1 Å². The third-order valence-corrected chi connectivity index (χ3v) is 6.29. The lowest BCUT2D eigenvalue weighted by Crippen LogP contribution is -2.51. The van der Waals surface area contributed by atoms with Crippen LogP contribution in [0.5, 0.6) is 0 Å². The van der Waals surface area contributed by atoms with Crippen LogP contribution in [0.2, 0.25) is 0 Å². The molecule has 2 aliphatic heterocycles. The Morgan fingerprint density at radius 1 is 1.07 bits per heavy atom. The molecule has 1 aromatic carbocycles. The van der Waals surface area contributed by atoms with Gasteiger partial charge in [0.25, 0.3) is 5.92 Å². The zero-order valence-corrected chi connectivity index (χ0v) is 16.1. The number of rotatable bonds is 3. The van der Waals surface area contributed by atoms with Gasteiger partial charge in [-0.3, -0.25) is 0 Å².